The van der Waals surface area contributed by atoms with E-state index in [4.69, 9.17) is 10.5 Å². The monoisotopic (exact) mass is 250 g/mol. The van der Waals surface area contributed by atoms with Gasteiger partial charge in [0.15, 0.2) is 6.61 Å². The van der Waals surface area contributed by atoms with E-state index in [2.05, 4.69) is 12.2 Å². The Hall–Kier alpha value is -1.55. The standard InChI is InChI=1S/C14H22N2O2/c1-3-11-6-5-7-13(8-11)18-10-14(17)16-12(4-2)9-15/h5-8,12H,3-4,9-10,15H2,1-2H3,(H,16,17). The molecule has 1 aromatic carbocycles. The lowest BCUT2D eigenvalue weighted by atomic mass is 10.2. The summed E-state index contributed by atoms with van der Waals surface area (Å²) in [6.07, 6.45) is 1.78. The molecule has 4 heteroatoms. The molecule has 0 heterocycles. The van der Waals surface area contributed by atoms with E-state index in [1.54, 1.807) is 0 Å². The highest BCUT2D eigenvalue weighted by molar-refractivity contribution is 5.77. The fraction of sp³-hybridized carbons (Fsp3) is 0.500. The molecule has 3 N–H and O–H groups in total. The smallest absolute Gasteiger partial charge is 0.258 e. The summed E-state index contributed by atoms with van der Waals surface area (Å²) in [6, 6.07) is 7.80. The van der Waals surface area contributed by atoms with Crippen molar-refractivity contribution in [1.29, 1.82) is 0 Å². The van der Waals surface area contributed by atoms with Gasteiger partial charge in [0.2, 0.25) is 0 Å². The topological polar surface area (TPSA) is 64.3 Å². The molecule has 1 unspecified atom stereocenters. The number of nitrogens with two attached hydrogens (primary N) is 1. The SMILES string of the molecule is CCc1cccc(OCC(=O)NC(CC)CN)c1. The molecule has 18 heavy (non-hydrogen) atoms. The maximum Gasteiger partial charge on any atom is 0.258 e. The molecule has 1 rings (SSSR count). The molecule has 0 saturated heterocycles. The maximum absolute atomic E-state index is 11.6. The van der Waals surface area contributed by atoms with Gasteiger partial charge in [0.25, 0.3) is 5.91 Å². The van der Waals surface area contributed by atoms with Crippen molar-refractivity contribution in [3.63, 3.8) is 0 Å². The molecule has 0 fully saturated rings. The molecule has 0 spiro atoms. The van der Waals surface area contributed by atoms with Gasteiger partial charge in [-0.25, -0.2) is 0 Å². The van der Waals surface area contributed by atoms with Crippen LogP contribution < -0.4 is 15.8 Å². The summed E-state index contributed by atoms with van der Waals surface area (Å²) < 4.78 is 5.45. The van der Waals surface area contributed by atoms with Gasteiger partial charge in [-0.2, -0.15) is 0 Å². The van der Waals surface area contributed by atoms with Gasteiger partial charge in [0, 0.05) is 12.6 Å². The van der Waals surface area contributed by atoms with Gasteiger partial charge in [-0.1, -0.05) is 26.0 Å². The highest BCUT2D eigenvalue weighted by Crippen LogP contribution is 2.13. The van der Waals surface area contributed by atoms with Crippen LogP contribution in [0.25, 0.3) is 0 Å². The third-order valence-corrected chi connectivity index (χ3v) is 2.82. The number of carbonyl (C=O) groups is 1. The first-order valence-electron chi connectivity index (χ1n) is 6.40. The largest absolute Gasteiger partial charge is 0.484 e. The predicted molar refractivity (Wildman–Crippen MR) is 72.6 cm³/mol. The second-order valence-corrected chi connectivity index (χ2v) is 4.20. The second-order valence-electron chi connectivity index (χ2n) is 4.20. The van der Waals surface area contributed by atoms with Crippen LogP contribution in [-0.4, -0.2) is 25.1 Å². The Kier molecular flexibility index (Phi) is 6.22. The van der Waals surface area contributed by atoms with Gasteiger partial charge in [0.1, 0.15) is 5.75 Å². The summed E-state index contributed by atoms with van der Waals surface area (Å²) in [4.78, 5) is 11.6. The molecule has 1 atom stereocenters. The molecule has 0 saturated carbocycles. The van der Waals surface area contributed by atoms with E-state index in [0.717, 1.165) is 18.6 Å². The Balaban J connectivity index is 2.42. The molecule has 0 aromatic heterocycles. The number of rotatable bonds is 7. The molecule has 0 aliphatic rings. The van der Waals surface area contributed by atoms with Crippen LogP contribution in [0.1, 0.15) is 25.8 Å². The van der Waals surface area contributed by atoms with E-state index in [0.29, 0.717) is 6.54 Å². The molecular weight excluding hydrogens is 228 g/mol. The fourth-order valence-corrected chi connectivity index (χ4v) is 1.60. The van der Waals surface area contributed by atoms with Crippen LogP contribution in [0, 0.1) is 0 Å². The van der Waals surface area contributed by atoms with Crippen LogP contribution in [-0.2, 0) is 11.2 Å². The predicted octanol–water partition coefficient (Wildman–Crippen LogP) is 1.48. The number of carbonyl (C=O) groups excluding carboxylic acids is 1. The number of hydrogen-bond acceptors (Lipinski definition) is 3. The first-order chi connectivity index (χ1) is 8.69. The van der Waals surface area contributed by atoms with Crippen molar-refractivity contribution in [3.8, 4) is 5.75 Å². The fourth-order valence-electron chi connectivity index (χ4n) is 1.60. The maximum atomic E-state index is 11.6. The highest BCUT2D eigenvalue weighted by atomic mass is 16.5. The molecule has 100 valence electrons. The molecular formula is C14H22N2O2. The summed E-state index contributed by atoms with van der Waals surface area (Å²) in [5.74, 6) is 0.597. The Morgan fingerprint density at radius 1 is 1.44 bits per heavy atom. The molecule has 4 nitrogen and oxygen atoms in total. The first-order valence-corrected chi connectivity index (χ1v) is 6.40. The van der Waals surface area contributed by atoms with Gasteiger partial charge in [0.05, 0.1) is 0 Å². The Morgan fingerprint density at radius 3 is 2.83 bits per heavy atom. The Morgan fingerprint density at radius 2 is 2.22 bits per heavy atom. The normalized spacial score (nSPS) is 11.9. The van der Waals surface area contributed by atoms with Crippen LogP contribution in [0.3, 0.4) is 0 Å². The lowest BCUT2D eigenvalue weighted by Crippen LogP contribution is -2.41. The van der Waals surface area contributed by atoms with Gasteiger partial charge in [-0.05, 0) is 30.5 Å². The third-order valence-electron chi connectivity index (χ3n) is 2.82. The van der Waals surface area contributed by atoms with Crippen LogP contribution >= 0.6 is 0 Å². The van der Waals surface area contributed by atoms with Gasteiger partial charge < -0.3 is 15.8 Å². The minimum Gasteiger partial charge on any atom is -0.484 e. The lowest BCUT2D eigenvalue weighted by Gasteiger charge is -2.15. The zero-order chi connectivity index (χ0) is 13.4. The number of nitrogens with one attached hydrogen (secondary N) is 1. The molecule has 0 bridgehead atoms. The molecule has 1 aromatic rings. The lowest BCUT2D eigenvalue weighted by molar-refractivity contribution is -0.123. The van der Waals surface area contributed by atoms with Crippen molar-refractivity contribution in [3.05, 3.63) is 29.8 Å². The van der Waals surface area contributed by atoms with Crippen molar-refractivity contribution in [2.24, 2.45) is 5.73 Å². The summed E-state index contributed by atoms with van der Waals surface area (Å²) in [5, 5.41) is 2.83. The van der Waals surface area contributed by atoms with Crippen LogP contribution in [0.15, 0.2) is 24.3 Å². The van der Waals surface area contributed by atoms with Crippen LogP contribution in [0.5, 0.6) is 5.75 Å². The minimum absolute atomic E-state index is 0.0306. The van der Waals surface area contributed by atoms with E-state index < -0.39 is 0 Å². The number of ether oxygens (including phenoxy) is 1. The van der Waals surface area contributed by atoms with E-state index in [-0.39, 0.29) is 18.6 Å². The zero-order valence-corrected chi connectivity index (χ0v) is 11.1. The third kappa shape index (κ3) is 4.75. The number of amides is 1. The van der Waals surface area contributed by atoms with E-state index in [1.165, 1.54) is 5.56 Å². The number of aryl methyl sites for hydroxylation is 1. The molecule has 1 amide bonds. The average Bonchev–Trinajstić information content (AvgIpc) is 2.42. The Labute approximate surface area is 109 Å². The quantitative estimate of drug-likeness (QED) is 0.770. The van der Waals surface area contributed by atoms with E-state index in [9.17, 15) is 4.79 Å². The molecule has 0 aliphatic carbocycles. The highest BCUT2D eigenvalue weighted by Gasteiger charge is 2.08. The zero-order valence-electron chi connectivity index (χ0n) is 11.1. The van der Waals surface area contributed by atoms with Crippen molar-refractivity contribution >= 4 is 5.91 Å². The average molecular weight is 250 g/mol. The first kappa shape index (κ1) is 14.5. The van der Waals surface area contributed by atoms with Crippen LogP contribution in [0.2, 0.25) is 0 Å². The van der Waals surface area contributed by atoms with E-state index in [1.807, 2.05) is 31.2 Å². The summed E-state index contributed by atoms with van der Waals surface area (Å²) >= 11 is 0. The summed E-state index contributed by atoms with van der Waals surface area (Å²) in [7, 11) is 0. The Bertz CT molecular complexity index is 376. The van der Waals surface area contributed by atoms with Crippen molar-refractivity contribution < 1.29 is 9.53 Å². The second kappa shape index (κ2) is 7.71. The van der Waals surface area contributed by atoms with Gasteiger partial charge in [-0.3, -0.25) is 4.79 Å². The van der Waals surface area contributed by atoms with Crippen molar-refractivity contribution in [2.45, 2.75) is 32.7 Å². The van der Waals surface area contributed by atoms with Gasteiger partial charge >= 0.3 is 0 Å². The number of hydrogen-bond donors (Lipinski definition) is 2. The minimum atomic E-state index is -0.130. The number of benzene rings is 1. The van der Waals surface area contributed by atoms with E-state index >= 15 is 0 Å². The van der Waals surface area contributed by atoms with Crippen molar-refractivity contribution in [2.75, 3.05) is 13.2 Å². The molecule has 0 aliphatic heterocycles. The van der Waals surface area contributed by atoms with Crippen molar-refractivity contribution in [1.82, 2.24) is 5.32 Å². The van der Waals surface area contributed by atoms with Gasteiger partial charge in [-0.15, -0.1) is 0 Å². The van der Waals surface area contributed by atoms with Crippen LogP contribution in [0.4, 0.5) is 0 Å². The molecule has 0 radical (unpaired) electrons. The summed E-state index contributed by atoms with van der Waals surface area (Å²) in [6.45, 7) is 4.56. The summed E-state index contributed by atoms with van der Waals surface area (Å²) in [5.41, 5.74) is 6.72.